The number of hydrogen-bond donors (Lipinski definition) is 1. The molecule has 3 heteroatoms. The lowest BCUT2D eigenvalue weighted by Crippen LogP contribution is -3.00. The lowest BCUT2D eigenvalue weighted by Gasteiger charge is -2.00. The van der Waals surface area contributed by atoms with Gasteiger partial charge in [0.1, 0.15) is 6.54 Å². The van der Waals surface area contributed by atoms with E-state index in [1.54, 1.807) is 0 Å². The minimum atomic E-state index is 0. The molecule has 0 aliphatic heterocycles. The summed E-state index contributed by atoms with van der Waals surface area (Å²) >= 11 is 0. The first-order chi connectivity index (χ1) is 8.36. The van der Waals surface area contributed by atoms with Crippen molar-refractivity contribution < 1.29 is 22.1 Å². The van der Waals surface area contributed by atoms with Crippen LogP contribution in [0.3, 0.4) is 0 Å². The molecule has 0 unspecified atom stereocenters. The minimum absolute atomic E-state index is 0. The minimum Gasteiger partial charge on any atom is -1.00 e. The predicted molar refractivity (Wildman–Crippen MR) is 70.8 cm³/mol. The van der Waals surface area contributed by atoms with Gasteiger partial charge in [-0.3, -0.25) is 0 Å². The summed E-state index contributed by atoms with van der Waals surface area (Å²) in [6, 6.07) is 4.48. The number of pyridine rings is 1. The molecule has 2 nitrogen and oxygen atoms in total. The molecule has 0 spiro atoms. The first kappa shape index (κ1) is 17.4. The average molecular weight is 272 g/mol. The Morgan fingerprint density at radius 3 is 2.28 bits per heavy atom. The number of aliphatic hydroxyl groups excluding tert-OH is 1. The molecule has 0 atom stereocenters. The number of rotatable bonds is 9. The fourth-order valence-electron chi connectivity index (χ4n) is 1.94. The molecular formula is C15H26ClNO. The maximum atomic E-state index is 8.68. The van der Waals surface area contributed by atoms with Crippen LogP contribution in [0, 0.1) is 0 Å². The van der Waals surface area contributed by atoms with Crippen molar-refractivity contribution in [3.05, 3.63) is 30.1 Å². The molecule has 1 aromatic rings. The quantitative estimate of drug-likeness (QED) is 0.491. The Morgan fingerprint density at radius 2 is 1.67 bits per heavy atom. The summed E-state index contributed by atoms with van der Waals surface area (Å²) < 4.78 is 2.26. The highest BCUT2D eigenvalue weighted by molar-refractivity contribution is 5.06. The smallest absolute Gasteiger partial charge is 0.169 e. The summed E-state index contributed by atoms with van der Waals surface area (Å²) in [6.07, 6.45) is 12.6. The standard InChI is InChI=1S/C15H26NO.ClH/c1-2-3-8-15-9-12-16(13-10-15)11-6-4-5-7-14-17;/h9-10,12-13,17H,2-8,11,14H2,1H3;1H/q+1;/p-1. The molecule has 1 N–H and O–H groups in total. The zero-order valence-corrected chi connectivity index (χ0v) is 12.2. The fraction of sp³-hybridized carbons (Fsp3) is 0.667. The SMILES string of the molecule is CCCCc1cc[n+](CCCCCCO)cc1.[Cl-]. The van der Waals surface area contributed by atoms with E-state index in [0.29, 0.717) is 6.61 Å². The van der Waals surface area contributed by atoms with Gasteiger partial charge in [0.25, 0.3) is 0 Å². The molecule has 0 fully saturated rings. The third-order valence-electron chi connectivity index (χ3n) is 3.10. The van der Waals surface area contributed by atoms with Crippen LogP contribution in [-0.2, 0) is 13.0 Å². The predicted octanol–water partition coefficient (Wildman–Crippen LogP) is -0.127. The van der Waals surface area contributed by atoms with Crippen molar-refractivity contribution in [1.82, 2.24) is 0 Å². The lowest BCUT2D eigenvalue weighted by atomic mass is 10.1. The summed E-state index contributed by atoms with van der Waals surface area (Å²) in [5.74, 6) is 0. The van der Waals surface area contributed by atoms with Crippen LogP contribution in [0.4, 0.5) is 0 Å². The van der Waals surface area contributed by atoms with E-state index in [1.165, 1.54) is 37.7 Å². The number of aryl methyl sites for hydroxylation is 2. The Bertz CT molecular complexity index is 287. The van der Waals surface area contributed by atoms with Crippen molar-refractivity contribution in [2.45, 2.75) is 58.4 Å². The van der Waals surface area contributed by atoms with Gasteiger partial charge in [-0.1, -0.05) is 19.8 Å². The van der Waals surface area contributed by atoms with Crippen LogP contribution in [0.1, 0.15) is 51.0 Å². The maximum absolute atomic E-state index is 8.68. The third-order valence-corrected chi connectivity index (χ3v) is 3.10. The monoisotopic (exact) mass is 271 g/mol. The maximum Gasteiger partial charge on any atom is 0.169 e. The molecule has 1 heterocycles. The highest BCUT2D eigenvalue weighted by atomic mass is 35.5. The molecule has 0 radical (unpaired) electrons. The van der Waals surface area contributed by atoms with Crippen molar-refractivity contribution in [2.75, 3.05) is 6.61 Å². The van der Waals surface area contributed by atoms with Gasteiger partial charge in [0, 0.05) is 25.2 Å². The number of aromatic nitrogens is 1. The van der Waals surface area contributed by atoms with E-state index in [2.05, 4.69) is 36.0 Å². The van der Waals surface area contributed by atoms with Gasteiger partial charge >= 0.3 is 0 Å². The molecule has 1 rings (SSSR count). The highest BCUT2D eigenvalue weighted by Gasteiger charge is 2.00. The van der Waals surface area contributed by atoms with Gasteiger partial charge in [0.2, 0.25) is 0 Å². The summed E-state index contributed by atoms with van der Waals surface area (Å²) in [7, 11) is 0. The van der Waals surface area contributed by atoms with Crippen LogP contribution < -0.4 is 17.0 Å². The molecule has 0 aliphatic carbocycles. The number of hydrogen-bond acceptors (Lipinski definition) is 1. The van der Waals surface area contributed by atoms with E-state index in [-0.39, 0.29) is 12.4 Å². The van der Waals surface area contributed by atoms with E-state index >= 15 is 0 Å². The zero-order chi connectivity index (χ0) is 12.3. The number of unbranched alkanes of at least 4 members (excludes halogenated alkanes) is 4. The second kappa shape index (κ2) is 11.5. The Balaban J connectivity index is 0.00000289. The summed E-state index contributed by atoms with van der Waals surface area (Å²) in [5.41, 5.74) is 1.45. The molecule has 0 amide bonds. The largest absolute Gasteiger partial charge is 1.00 e. The molecule has 0 aromatic carbocycles. The van der Waals surface area contributed by atoms with Crippen molar-refractivity contribution in [2.24, 2.45) is 0 Å². The van der Waals surface area contributed by atoms with E-state index in [1.807, 2.05) is 0 Å². The van der Waals surface area contributed by atoms with Crippen molar-refractivity contribution in [1.29, 1.82) is 0 Å². The zero-order valence-electron chi connectivity index (χ0n) is 11.4. The highest BCUT2D eigenvalue weighted by Crippen LogP contribution is 2.03. The normalized spacial score (nSPS) is 10.1. The molecule has 0 saturated carbocycles. The van der Waals surface area contributed by atoms with Gasteiger partial charge in [-0.15, -0.1) is 0 Å². The topological polar surface area (TPSA) is 24.1 Å². The molecule has 1 aromatic heterocycles. The van der Waals surface area contributed by atoms with Gasteiger partial charge in [-0.2, -0.15) is 0 Å². The summed E-state index contributed by atoms with van der Waals surface area (Å²) in [6.45, 7) is 3.66. The first-order valence-electron chi connectivity index (χ1n) is 6.95. The van der Waals surface area contributed by atoms with Crippen molar-refractivity contribution in [3.8, 4) is 0 Å². The molecular weight excluding hydrogens is 246 g/mol. The fourth-order valence-corrected chi connectivity index (χ4v) is 1.94. The van der Waals surface area contributed by atoms with Crippen molar-refractivity contribution >= 4 is 0 Å². The Hall–Kier alpha value is -0.600. The van der Waals surface area contributed by atoms with Crippen LogP contribution >= 0.6 is 0 Å². The molecule has 0 saturated heterocycles. The van der Waals surface area contributed by atoms with E-state index in [4.69, 9.17) is 5.11 Å². The van der Waals surface area contributed by atoms with E-state index in [0.717, 1.165) is 19.4 Å². The number of aliphatic hydroxyl groups is 1. The van der Waals surface area contributed by atoms with Gasteiger partial charge in [-0.25, -0.2) is 4.57 Å². The molecule has 18 heavy (non-hydrogen) atoms. The van der Waals surface area contributed by atoms with Crippen LogP contribution in [0.25, 0.3) is 0 Å². The third kappa shape index (κ3) is 7.67. The number of halogens is 1. The Kier molecular flexibility index (Phi) is 11.1. The van der Waals surface area contributed by atoms with E-state index < -0.39 is 0 Å². The summed E-state index contributed by atoms with van der Waals surface area (Å²) in [5, 5.41) is 8.68. The van der Waals surface area contributed by atoms with Crippen molar-refractivity contribution in [3.63, 3.8) is 0 Å². The molecule has 0 aliphatic rings. The second-order valence-electron chi connectivity index (χ2n) is 4.69. The van der Waals surface area contributed by atoms with Gasteiger partial charge in [0.05, 0.1) is 0 Å². The van der Waals surface area contributed by atoms with Crippen LogP contribution in [0.2, 0.25) is 0 Å². The number of nitrogens with zero attached hydrogens (tertiary/aromatic N) is 1. The van der Waals surface area contributed by atoms with Crippen LogP contribution in [-0.4, -0.2) is 11.7 Å². The summed E-state index contributed by atoms with van der Waals surface area (Å²) in [4.78, 5) is 0. The second-order valence-corrected chi connectivity index (χ2v) is 4.69. The Labute approximate surface area is 117 Å². The Morgan fingerprint density at radius 1 is 1.00 bits per heavy atom. The lowest BCUT2D eigenvalue weighted by molar-refractivity contribution is -0.697. The first-order valence-corrected chi connectivity index (χ1v) is 6.95. The van der Waals surface area contributed by atoms with Gasteiger partial charge in [0.15, 0.2) is 12.4 Å². The molecule has 104 valence electrons. The van der Waals surface area contributed by atoms with Crippen LogP contribution in [0.15, 0.2) is 24.5 Å². The van der Waals surface area contributed by atoms with Gasteiger partial charge in [-0.05, 0) is 31.2 Å². The van der Waals surface area contributed by atoms with Crippen LogP contribution in [0.5, 0.6) is 0 Å². The molecule has 0 bridgehead atoms. The van der Waals surface area contributed by atoms with Gasteiger partial charge < -0.3 is 17.5 Å². The van der Waals surface area contributed by atoms with E-state index in [9.17, 15) is 0 Å². The average Bonchev–Trinajstić information content (AvgIpc) is 2.37.